The molecule has 6 heteroatoms. The van der Waals surface area contributed by atoms with Crippen molar-refractivity contribution in [2.45, 2.75) is 20.8 Å². The van der Waals surface area contributed by atoms with Gasteiger partial charge in [-0.05, 0) is 39.0 Å². The molecule has 3 rings (SSSR count). The number of fused-ring (bicyclic) bond motifs is 1. The lowest BCUT2D eigenvalue weighted by molar-refractivity contribution is 1.14. The van der Waals surface area contributed by atoms with Crippen LogP contribution in [0.15, 0.2) is 18.2 Å². The maximum absolute atomic E-state index is 6.08. The molecule has 0 fully saturated rings. The zero-order chi connectivity index (χ0) is 15.0. The van der Waals surface area contributed by atoms with Crippen molar-refractivity contribution in [3.8, 4) is 10.7 Å². The van der Waals surface area contributed by atoms with Crippen molar-refractivity contribution < 1.29 is 0 Å². The van der Waals surface area contributed by atoms with Gasteiger partial charge in [-0.3, -0.25) is 0 Å². The Bertz CT molecular complexity index is 813. The molecule has 0 aliphatic rings. The molecular formula is C15H15ClN4S. The van der Waals surface area contributed by atoms with Gasteiger partial charge in [0, 0.05) is 17.0 Å². The lowest BCUT2D eigenvalue weighted by Gasteiger charge is -2.09. The molecule has 0 radical (unpaired) electrons. The SMILES string of the molecule is CCNc1nc(-c2sc(C)nc2C)nc2ccc(Cl)cc12. The molecule has 1 N–H and O–H groups in total. The second-order valence-electron chi connectivity index (χ2n) is 4.74. The molecule has 108 valence electrons. The number of nitrogens with one attached hydrogen (secondary N) is 1. The molecule has 0 aliphatic carbocycles. The van der Waals surface area contributed by atoms with Crippen molar-refractivity contribution in [2.75, 3.05) is 11.9 Å². The third-order valence-electron chi connectivity index (χ3n) is 3.11. The third-order valence-corrected chi connectivity index (χ3v) is 4.41. The van der Waals surface area contributed by atoms with Crippen molar-refractivity contribution in [3.05, 3.63) is 33.9 Å². The summed E-state index contributed by atoms with van der Waals surface area (Å²) in [6, 6.07) is 5.66. The van der Waals surface area contributed by atoms with Crippen LogP contribution >= 0.6 is 22.9 Å². The van der Waals surface area contributed by atoms with Crippen LogP contribution in [0, 0.1) is 13.8 Å². The molecule has 2 aromatic heterocycles. The van der Waals surface area contributed by atoms with E-state index >= 15 is 0 Å². The number of nitrogens with zero attached hydrogens (tertiary/aromatic N) is 3. The molecule has 0 aliphatic heterocycles. The predicted octanol–water partition coefficient (Wildman–Crippen LogP) is 4.46. The van der Waals surface area contributed by atoms with Crippen LogP contribution in [0.3, 0.4) is 0 Å². The molecular weight excluding hydrogens is 304 g/mol. The van der Waals surface area contributed by atoms with Gasteiger partial charge in [0.2, 0.25) is 0 Å². The van der Waals surface area contributed by atoms with Crippen molar-refractivity contribution in [2.24, 2.45) is 0 Å². The minimum Gasteiger partial charge on any atom is -0.370 e. The molecule has 1 aromatic carbocycles. The molecule has 0 amide bonds. The first-order chi connectivity index (χ1) is 10.1. The monoisotopic (exact) mass is 318 g/mol. The van der Waals surface area contributed by atoms with Crippen LogP contribution in [0.25, 0.3) is 21.6 Å². The summed E-state index contributed by atoms with van der Waals surface area (Å²) in [5.41, 5.74) is 1.85. The molecule has 3 aromatic rings. The number of thiazole rings is 1. The van der Waals surface area contributed by atoms with E-state index in [0.29, 0.717) is 10.8 Å². The van der Waals surface area contributed by atoms with Crippen LogP contribution in [0.2, 0.25) is 5.02 Å². The lowest BCUT2D eigenvalue weighted by Crippen LogP contribution is -2.03. The number of rotatable bonds is 3. The number of hydrogen-bond acceptors (Lipinski definition) is 5. The fourth-order valence-electron chi connectivity index (χ4n) is 2.24. The summed E-state index contributed by atoms with van der Waals surface area (Å²) in [5, 5.41) is 5.93. The van der Waals surface area contributed by atoms with Gasteiger partial charge < -0.3 is 5.32 Å². The molecule has 0 atom stereocenters. The Labute approximate surface area is 132 Å². The minimum absolute atomic E-state index is 0.683. The van der Waals surface area contributed by atoms with Gasteiger partial charge in [-0.15, -0.1) is 11.3 Å². The molecule has 21 heavy (non-hydrogen) atoms. The van der Waals surface area contributed by atoms with Gasteiger partial charge in [0.1, 0.15) is 5.82 Å². The van der Waals surface area contributed by atoms with Crippen LogP contribution in [0.5, 0.6) is 0 Å². The van der Waals surface area contributed by atoms with Gasteiger partial charge in [0.15, 0.2) is 5.82 Å². The van der Waals surface area contributed by atoms with E-state index in [0.717, 1.165) is 38.8 Å². The van der Waals surface area contributed by atoms with Crippen molar-refractivity contribution >= 4 is 39.7 Å². The zero-order valence-corrected chi connectivity index (χ0v) is 13.6. The summed E-state index contributed by atoms with van der Waals surface area (Å²) < 4.78 is 0. The predicted molar refractivity (Wildman–Crippen MR) is 89.3 cm³/mol. The van der Waals surface area contributed by atoms with Gasteiger partial charge in [-0.2, -0.15) is 0 Å². The largest absolute Gasteiger partial charge is 0.370 e. The van der Waals surface area contributed by atoms with E-state index in [9.17, 15) is 0 Å². The normalized spacial score (nSPS) is 11.0. The van der Waals surface area contributed by atoms with Crippen molar-refractivity contribution in [3.63, 3.8) is 0 Å². The van der Waals surface area contributed by atoms with Crippen LogP contribution in [-0.2, 0) is 0 Å². The van der Waals surface area contributed by atoms with E-state index in [1.807, 2.05) is 39.0 Å². The Morgan fingerprint density at radius 2 is 2.00 bits per heavy atom. The number of aromatic nitrogens is 3. The number of hydrogen-bond donors (Lipinski definition) is 1. The Kier molecular flexibility index (Phi) is 3.78. The van der Waals surface area contributed by atoms with Gasteiger partial charge >= 0.3 is 0 Å². The van der Waals surface area contributed by atoms with E-state index in [1.165, 1.54) is 0 Å². The number of aryl methyl sites for hydroxylation is 2. The first kappa shape index (κ1) is 14.2. The fraction of sp³-hybridized carbons (Fsp3) is 0.267. The number of anilines is 1. The summed E-state index contributed by atoms with van der Waals surface area (Å²) in [6.45, 7) is 6.81. The molecule has 0 saturated heterocycles. The topological polar surface area (TPSA) is 50.7 Å². The zero-order valence-electron chi connectivity index (χ0n) is 12.1. The van der Waals surface area contributed by atoms with Crippen LogP contribution in [0.4, 0.5) is 5.82 Å². The van der Waals surface area contributed by atoms with E-state index in [1.54, 1.807) is 11.3 Å². The molecule has 4 nitrogen and oxygen atoms in total. The summed E-state index contributed by atoms with van der Waals surface area (Å²) in [6.07, 6.45) is 0. The molecule has 2 heterocycles. The standard InChI is InChI=1S/C15H15ClN4S/c1-4-17-14-11-7-10(16)5-6-12(11)19-15(20-14)13-8(2)18-9(3)21-13/h5-7H,4H2,1-3H3,(H,17,19,20). The van der Waals surface area contributed by atoms with Crippen molar-refractivity contribution in [1.29, 1.82) is 0 Å². The maximum atomic E-state index is 6.08. The van der Waals surface area contributed by atoms with Gasteiger partial charge in [-0.25, -0.2) is 15.0 Å². The average molecular weight is 319 g/mol. The molecule has 0 bridgehead atoms. The van der Waals surface area contributed by atoms with Gasteiger partial charge in [0.25, 0.3) is 0 Å². The summed E-state index contributed by atoms with van der Waals surface area (Å²) in [7, 11) is 0. The summed E-state index contributed by atoms with van der Waals surface area (Å²) in [4.78, 5) is 14.8. The highest BCUT2D eigenvalue weighted by Gasteiger charge is 2.14. The Hall–Kier alpha value is -1.72. The maximum Gasteiger partial charge on any atom is 0.174 e. The molecule has 0 saturated carbocycles. The van der Waals surface area contributed by atoms with Gasteiger partial charge in [-0.1, -0.05) is 11.6 Å². The summed E-state index contributed by atoms with van der Waals surface area (Å²) >= 11 is 7.70. The molecule has 0 unspecified atom stereocenters. The van der Waals surface area contributed by atoms with Crippen molar-refractivity contribution in [1.82, 2.24) is 15.0 Å². The van der Waals surface area contributed by atoms with E-state index in [2.05, 4.69) is 20.3 Å². The second kappa shape index (κ2) is 5.58. The van der Waals surface area contributed by atoms with Crippen LogP contribution in [-0.4, -0.2) is 21.5 Å². The third kappa shape index (κ3) is 2.71. The summed E-state index contributed by atoms with van der Waals surface area (Å²) in [5.74, 6) is 1.52. The van der Waals surface area contributed by atoms with Crippen LogP contribution < -0.4 is 5.32 Å². The van der Waals surface area contributed by atoms with Gasteiger partial charge in [0.05, 0.1) is 21.1 Å². The molecule has 0 spiro atoms. The van der Waals surface area contributed by atoms with E-state index in [4.69, 9.17) is 11.6 Å². The van der Waals surface area contributed by atoms with Crippen LogP contribution in [0.1, 0.15) is 17.6 Å². The lowest BCUT2D eigenvalue weighted by atomic mass is 10.2. The Balaban J connectivity index is 2.25. The highest BCUT2D eigenvalue weighted by molar-refractivity contribution is 7.15. The smallest absolute Gasteiger partial charge is 0.174 e. The average Bonchev–Trinajstić information content (AvgIpc) is 2.78. The second-order valence-corrected chi connectivity index (χ2v) is 6.37. The van der Waals surface area contributed by atoms with E-state index in [-0.39, 0.29) is 0 Å². The first-order valence-electron chi connectivity index (χ1n) is 6.74. The highest BCUT2D eigenvalue weighted by Crippen LogP contribution is 2.31. The minimum atomic E-state index is 0.683. The highest BCUT2D eigenvalue weighted by atomic mass is 35.5. The quantitative estimate of drug-likeness (QED) is 0.775. The number of halogens is 1. The fourth-order valence-corrected chi connectivity index (χ4v) is 3.27. The Morgan fingerprint density at radius 1 is 1.19 bits per heavy atom. The first-order valence-corrected chi connectivity index (χ1v) is 7.93. The van der Waals surface area contributed by atoms with E-state index < -0.39 is 0 Å². The number of benzene rings is 1. The Morgan fingerprint density at radius 3 is 2.67 bits per heavy atom.